The molecule has 7 heteroatoms. The second kappa shape index (κ2) is 5.41. The summed E-state index contributed by atoms with van der Waals surface area (Å²) < 4.78 is 19.4. The Balaban J connectivity index is 2.35. The van der Waals surface area contributed by atoms with E-state index in [1.54, 1.807) is 12.5 Å². The van der Waals surface area contributed by atoms with E-state index in [1.165, 1.54) is 11.5 Å². The van der Waals surface area contributed by atoms with E-state index in [-0.39, 0.29) is 0 Å². The molecule has 0 aliphatic heterocycles. The van der Waals surface area contributed by atoms with Gasteiger partial charge in [-0.3, -0.25) is 4.21 Å². The van der Waals surface area contributed by atoms with E-state index in [1.807, 2.05) is 6.92 Å². The molecule has 0 spiro atoms. The normalized spacial score (nSPS) is 11.4. The molecule has 0 unspecified atom stereocenters. The van der Waals surface area contributed by atoms with E-state index in [0.29, 0.717) is 13.1 Å². The van der Waals surface area contributed by atoms with Gasteiger partial charge in [0.05, 0.1) is 6.54 Å². The van der Waals surface area contributed by atoms with Crippen LogP contribution in [0.2, 0.25) is 0 Å². The molecule has 0 atom stereocenters. The SMILES string of the molecule is CCc1nsc(NCCN=S(C)(C)=O)n1. The van der Waals surface area contributed by atoms with Crippen LogP contribution in [-0.2, 0) is 16.1 Å². The molecule has 1 rings (SSSR count). The Morgan fingerprint density at radius 3 is 2.80 bits per heavy atom. The Labute approximate surface area is 94.7 Å². The molecule has 0 saturated heterocycles. The molecule has 0 aliphatic rings. The Kier molecular flexibility index (Phi) is 4.46. The summed E-state index contributed by atoms with van der Waals surface area (Å²) in [5, 5.41) is 3.90. The summed E-state index contributed by atoms with van der Waals surface area (Å²) in [6, 6.07) is 0. The third kappa shape index (κ3) is 5.08. The van der Waals surface area contributed by atoms with E-state index in [4.69, 9.17) is 0 Å². The van der Waals surface area contributed by atoms with Crippen molar-refractivity contribution in [3.05, 3.63) is 5.82 Å². The summed E-state index contributed by atoms with van der Waals surface area (Å²) in [7, 11) is -1.98. The molecule has 0 fully saturated rings. The van der Waals surface area contributed by atoms with Crippen LogP contribution in [-0.4, -0.2) is 39.2 Å². The van der Waals surface area contributed by atoms with Crippen LogP contribution >= 0.6 is 11.5 Å². The summed E-state index contributed by atoms with van der Waals surface area (Å²) in [6.07, 6.45) is 4.11. The molecule has 0 radical (unpaired) electrons. The van der Waals surface area contributed by atoms with Crippen LogP contribution in [0.5, 0.6) is 0 Å². The van der Waals surface area contributed by atoms with Crippen LogP contribution in [0.15, 0.2) is 4.36 Å². The van der Waals surface area contributed by atoms with Crippen LogP contribution < -0.4 is 5.32 Å². The lowest BCUT2D eigenvalue weighted by molar-refractivity contribution is 0.682. The molecule has 1 heterocycles. The maximum atomic E-state index is 11.2. The predicted octanol–water partition coefficient (Wildman–Crippen LogP) is 1.24. The van der Waals surface area contributed by atoms with Gasteiger partial charge < -0.3 is 5.32 Å². The topological polar surface area (TPSA) is 67.2 Å². The Morgan fingerprint density at radius 1 is 1.53 bits per heavy atom. The first-order valence-electron chi connectivity index (χ1n) is 4.70. The minimum Gasteiger partial charge on any atom is -0.358 e. The van der Waals surface area contributed by atoms with Crippen molar-refractivity contribution in [2.24, 2.45) is 4.36 Å². The van der Waals surface area contributed by atoms with Gasteiger partial charge in [-0.15, -0.1) is 0 Å². The number of hydrogen-bond donors (Lipinski definition) is 1. The molecule has 1 N–H and O–H groups in total. The highest BCUT2D eigenvalue weighted by molar-refractivity contribution is 7.92. The highest BCUT2D eigenvalue weighted by atomic mass is 32.2. The summed E-state index contributed by atoms with van der Waals surface area (Å²) in [5.41, 5.74) is 0. The minimum atomic E-state index is -1.98. The van der Waals surface area contributed by atoms with Crippen molar-refractivity contribution in [1.29, 1.82) is 0 Å². The Hall–Kier alpha value is -0.690. The lowest BCUT2D eigenvalue weighted by atomic mass is 10.5. The number of anilines is 1. The summed E-state index contributed by atoms with van der Waals surface area (Å²) in [6.45, 7) is 3.20. The second-order valence-electron chi connectivity index (χ2n) is 3.33. The van der Waals surface area contributed by atoms with Gasteiger partial charge in [-0.1, -0.05) is 6.92 Å². The summed E-state index contributed by atoms with van der Waals surface area (Å²) in [4.78, 5) is 4.25. The zero-order valence-corrected chi connectivity index (χ0v) is 10.8. The van der Waals surface area contributed by atoms with Gasteiger partial charge in [0.2, 0.25) is 5.13 Å². The number of hydrogen-bond acceptors (Lipinski definition) is 6. The van der Waals surface area contributed by atoms with Crippen LogP contribution in [0.4, 0.5) is 5.13 Å². The number of aryl methyl sites for hydroxylation is 1. The van der Waals surface area contributed by atoms with Crippen LogP contribution in [0.3, 0.4) is 0 Å². The van der Waals surface area contributed by atoms with Gasteiger partial charge in [0.25, 0.3) is 0 Å². The van der Waals surface area contributed by atoms with Crippen molar-refractivity contribution in [2.75, 3.05) is 30.9 Å². The van der Waals surface area contributed by atoms with Gasteiger partial charge in [-0.05, 0) is 0 Å². The van der Waals surface area contributed by atoms with E-state index in [0.717, 1.165) is 17.4 Å². The van der Waals surface area contributed by atoms with E-state index < -0.39 is 9.73 Å². The smallest absolute Gasteiger partial charge is 0.202 e. The molecule has 86 valence electrons. The first-order chi connectivity index (χ1) is 7.01. The lowest BCUT2D eigenvalue weighted by Gasteiger charge is -1.98. The second-order valence-corrected chi connectivity index (χ2v) is 6.70. The Morgan fingerprint density at radius 2 is 2.27 bits per heavy atom. The average molecular weight is 248 g/mol. The fraction of sp³-hybridized carbons (Fsp3) is 0.750. The fourth-order valence-corrected chi connectivity index (χ4v) is 2.10. The van der Waals surface area contributed by atoms with Crippen molar-refractivity contribution in [3.8, 4) is 0 Å². The van der Waals surface area contributed by atoms with Crippen LogP contribution in [0, 0.1) is 0 Å². The first kappa shape index (κ1) is 12.4. The third-order valence-corrected chi connectivity index (χ3v) is 3.09. The molecule has 0 saturated carbocycles. The molecule has 15 heavy (non-hydrogen) atoms. The average Bonchev–Trinajstić information content (AvgIpc) is 2.59. The van der Waals surface area contributed by atoms with Gasteiger partial charge in [0.15, 0.2) is 0 Å². The van der Waals surface area contributed by atoms with Crippen LogP contribution in [0.25, 0.3) is 0 Å². The summed E-state index contributed by atoms with van der Waals surface area (Å²) >= 11 is 1.35. The maximum Gasteiger partial charge on any atom is 0.202 e. The molecule has 0 amide bonds. The van der Waals surface area contributed by atoms with Gasteiger partial charge in [-0.2, -0.15) is 4.37 Å². The highest BCUT2D eigenvalue weighted by Gasteiger charge is 2.00. The first-order valence-corrected chi connectivity index (χ1v) is 7.81. The molecule has 0 aliphatic carbocycles. The number of aromatic nitrogens is 2. The largest absolute Gasteiger partial charge is 0.358 e. The monoisotopic (exact) mass is 248 g/mol. The van der Waals surface area contributed by atoms with Crippen molar-refractivity contribution < 1.29 is 4.21 Å². The van der Waals surface area contributed by atoms with Gasteiger partial charge in [0, 0.05) is 46.7 Å². The van der Waals surface area contributed by atoms with Crippen molar-refractivity contribution in [2.45, 2.75) is 13.3 Å². The predicted molar refractivity (Wildman–Crippen MR) is 65.1 cm³/mol. The molecule has 5 nitrogen and oxygen atoms in total. The molecule has 1 aromatic heterocycles. The molecule has 0 aromatic carbocycles. The van der Waals surface area contributed by atoms with Crippen molar-refractivity contribution >= 4 is 26.4 Å². The molecular formula is C8H16N4OS2. The highest BCUT2D eigenvalue weighted by Crippen LogP contribution is 2.10. The molecule has 0 bridgehead atoms. The zero-order valence-electron chi connectivity index (χ0n) is 9.19. The summed E-state index contributed by atoms with van der Waals surface area (Å²) in [5.74, 6) is 0.856. The van der Waals surface area contributed by atoms with Crippen molar-refractivity contribution in [1.82, 2.24) is 9.36 Å². The third-order valence-electron chi connectivity index (χ3n) is 1.57. The lowest BCUT2D eigenvalue weighted by Crippen LogP contribution is -2.06. The number of nitrogens with one attached hydrogen (secondary N) is 1. The maximum absolute atomic E-state index is 11.2. The fourth-order valence-electron chi connectivity index (χ4n) is 0.898. The molecule has 1 aromatic rings. The standard InChI is InChI=1S/C8H16N4OS2/c1-4-7-11-8(14-12-7)9-5-6-10-15(2,3)13/h4-6H2,1-3H3,(H,9,11,12). The van der Waals surface area contributed by atoms with Crippen molar-refractivity contribution in [3.63, 3.8) is 0 Å². The van der Waals surface area contributed by atoms with E-state index in [2.05, 4.69) is 19.0 Å². The zero-order chi connectivity index (χ0) is 11.3. The number of rotatable bonds is 5. The van der Waals surface area contributed by atoms with Gasteiger partial charge in [0.1, 0.15) is 5.82 Å². The van der Waals surface area contributed by atoms with Gasteiger partial charge in [-0.25, -0.2) is 9.35 Å². The van der Waals surface area contributed by atoms with E-state index >= 15 is 0 Å². The van der Waals surface area contributed by atoms with Gasteiger partial charge >= 0.3 is 0 Å². The minimum absolute atomic E-state index is 0.535. The van der Waals surface area contributed by atoms with Crippen LogP contribution in [0.1, 0.15) is 12.7 Å². The quantitative estimate of drug-likeness (QED) is 0.796. The van der Waals surface area contributed by atoms with E-state index in [9.17, 15) is 4.21 Å². The molecular weight excluding hydrogens is 232 g/mol. The number of nitrogens with zero attached hydrogens (tertiary/aromatic N) is 3. The Bertz CT molecular complexity index is 412.